The van der Waals surface area contributed by atoms with E-state index in [2.05, 4.69) is 33.8 Å². The van der Waals surface area contributed by atoms with Gasteiger partial charge in [-0.1, -0.05) is 0 Å². The molecule has 0 aliphatic carbocycles. The van der Waals surface area contributed by atoms with E-state index in [1.807, 2.05) is 36.5 Å². The van der Waals surface area contributed by atoms with E-state index < -0.39 is 0 Å². The number of hydrogen-bond acceptors (Lipinski definition) is 5. The first-order valence-electron chi connectivity index (χ1n) is 8.98. The van der Waals surface area contributed by atoms with Crippen molar-refractivity contribution in [2.45, 2.75) is 18.9 Å². The van der Waals surface area contributed by atoms with E-state index in [0.717, 1.165) is 59.7 Å². The van der Waals surface area contributed by atoms with Crippen LogP contribution in [-0.2, 0) is 0 Å². The molecule has 2 heterocycles. The second kappa shape index (κ2) is 7.62. The van der Waals surface area contributed by atoms with Crippen LogP contribution in [0.4, 0.5) is 11.5 Å². The first-order chi connectivity index (χ1) is 12.8. The van der Waals surface area contributed by atoms with Crippen molar-refractivity contribution in [2.75, 3.05) is 25.5 Å². The number of pyridine rings is 1. The highest BCUT2D eigenvalue weighted by molar-refractivity contribution is 5.85. The van der Waals surface area contributed by atoms with Gasteiger partial charge < -0.3 is 20.1 Å². The normalized spacial score (nSPS) is 15.0. The van der Waals surface area contributed by atoms with Gasteiger partial charge in [0.05, 0.1) is 7.11 Å². The number of nitrogens with one attached hydrogen (secondary N) is 2. The average Bonchev–Trinajstić information content (AvgIpc) is 2.69. The van der Waals surface area contributed by atoms with Crippen LogP contribution in [-0.4, -0.2) is 31.3 Å². The number of piperidine rings is 1. The Hall–Kier alpha value is -2.79. The van der Waals surface area contributed by atoms with Gasteiger partial charge in [-0.25, -0.2) is 4.98 Å². The minimum absolute atomic E-state index is 0.299. The van der Waals surface area contributed by atoms with Crippen molar-refractivity contribution in [1.82, 2.24) is 10.3 Å². The average molecular weight is 349 g/mol. The number of nitrogens with zero attached hydrogens (tertiary/aromatic N) is 1. The van der Waals surface area contributed by atoms with E-state index in [-0.39, 0.29) is 0 Å². The summed E-state index contributed by atoms with van der Waals surface area (Å²) in [5.74, 6) is 2.56. The van der Waals surface area contributed by atoms with E-state index in [4.69, 9.17) is 9.47 Å². The minimum Gasteiger partial charge on any atom is -0.497 e. The minimum atomic E-state index is 0.299. The van der Waals surface area contributed by atoms with Crippen molar-refractivity contribution in [1.29, 1.82) is 0 Å². The summed E-state index contributed by atoms with van der Waals surface area (Å²) in [6.45, 7) is 2.05. The molecule has 0 bridgehead atoms. The molecule has 0 unspecified atom stereocenters. The van der Waals surface area contributed by atoms with Crippen LogP contribution in [0.1, 0.15) is 12.8 Å². The second-order valence-corrected chi connectivity index (χ2v) is 6.50. The van der Waals surface area contributed by atoms with Crippen LogP contribution in [0.2, 0.25) is 0 Å². The monoisotopic (exact) mass is 349 g/mol. The largest absolute Gasteiger partial charge is 0.497 e. The second-order valence-electron chi connectivity index (χ2n) is 6.50. The molecule has 0 amide bonds. The Balaban J connectivity index is 1.52. The topological polar surface area (TPSA) is 55.4 Å². The molecule has 1 aliphatic rings. The van der Waals surface area contributed by atoms with Crippen molar-refractivity contribution in [3.05, 3.63) is 54.7 Å². The summed E-state index contributed by atoms with van der Waals surface area (Å²) in [6.07, 6.45) is 4.29. The maximum absolute atomic E-state index is 6.15. The Morgan fingerprint density at radius 3 is 2.50 bits per heavy atom. The molecule has 1 fully saturated rings. The fourth-order valence-corrected chi connectivity index (χ4v) is 3.19. The van der Waals surface area contributed by atoms with Crippen molar-refractivity contribution < 1.29 is 9.47 Å². The molecule has 5 heteroatoms. The van der Waals surface area contributed by atoms with E-state index in [0.29, 0.717) is 6.10 Å². The van der Waals surface area contributed by atoms with Crippen molar-refractivity contribution in [3.63, 3.8) is 0 Å². The van der Waals surface area contributed by atoms with Gasteiger partial charge in [0, 0.05) is 17.3 Å². The van der Waals surface area contributed by atoms with Gasteiger partial charge >= 0.3 is 0 Å². The quantitative estimate of drug-likeness (QED) is 0.726. The molecule has 0 spiro atoms. The molecular formula is C21H23N3O2. The van der Waals surface area contributed by atoms with E-state index in [1.165, 1.54) is 0 Å². The van der Waals surface area contributed by atoms with E-state index >= 15 is 0 Å². The lowest BCUT2D eigenvalue weighted by atomic mass is 10.1. The third-order valence-corrected chi connectivity index (χ3v) is 4.64. The van der Waals surface area contributed by atoms with Gasteiger partial charge in [0.1, 0.15) is 23.4 Å². The molecule has 26 heavy (non-hydrogen) atoms. The molecule has 2 aromatic carbocycles. The molecule has 5 nitrogen and oxygen atoms in total. The molecule has 0 atom stereocenters. The lowest BCUT2D eigenvalue weighted by molar-refractivity contribution is 0.162. The predicted molar refractivity (Wildman–Crippen MR) is 105 cm³/mol. The van der Waals surface area contributed by atoms with Crippen LogP contribution < -0.4 is 20.1 Å². The smallest absolute Gasteiger partial charge is 0.130 e. The molecule has 134 valence electrons. The number of rotatable bonds is 5. The van der Waals surface area contributed by atoms with E-state index in [9.17, 15) is 0 Å². The van der Waals surface area contributed by atoms with Crippen molar-refractivity contribution in [3.8, 4) is 11.5 Å². The van der Waals surface area contributed by atoms with Gasteiger partial charge in [0.25, 0.3) is 0 Å². The molecule has 0 radical (unpaired) electrons. The van der Waals surface area contributed by atoms with Crippen LogP contribution in [0, 0.1) is 0 Å². The van der Waals surface area contributed by atoms with E-state index in [1.54, 1.807) is 7.11 Å². The number of anilines is 2. The maximum Gasteiger partial charge on any atom is 0.130 e. The zero-order valence-corrected chi connectivity index (χ0v) is 14.9. The predicted octanol–water partition coefficient (Wildman–Crippen LogP) is 4.12. The Morgan fingerprint density at radius 1 is 0.962 bits per heavy atom. The van der Waals surface area contributed by atoms with Gasteiger partial charge in [-0.3, -0.25) is 0 Å². The fourth-order valence-electron chi connectivity index (χ4n) is 3.19. The molecular weight excluding hydrogens is 326 g/mol. The van der Waals surface area contributed by atoms with Crippen LogP contribution >= 0.6 is 0 Å². The molecule has 1 aromatic heterocycles. The Morgan fingerprint density at radius 2 is 1.73 bits per heavy atom. The standard InChI is InChI=1S/C21H23N3O2/c1-25-18-6-3-17(4-7-18)24-21-13-16-12-20(5-2-15(16)14-23-21)26-19-8-10-22-11-9-19/h2-7,12-14,19,22H,8-11H2,1H3,(H,23,24). The molecule has 2 N–H and O–H groups in total. The fraction of sp³-hybridized carbons (Fsp3) is 0.286. The number of fused-ring (bicyclic) bond motifs is 1. The first kappa shape index (κ1) is 16.7. The first-order valence-corrected chi connectivity index (χ1v) is 8.98. The molecule has 0 saturated carbocycles. The number of aromatic nitrogens is 1. The summed E-state index contributed by atoms with van der Waals surface area (Å²) < 4.78 is 11.3. The van der Waals surface area contributed by atoms with Gasteiger partial charge in [0.2, 0.25) is 0 Å². The molecule has 1 saturated heterocycles. The highest BCUT2D eigenvalue weighted by Crippen LogP contribution is 2.26. The number of hydrogen-bond donors (Lipinski definition) is 2. The highest BCUT2D eigenvalue weighted by atomic mass is 16.5. The molecule has 3 aromatic rings. The van der Waals surface area contributed by atoms with Crippen LogP contribution in [0.15, 0.2) is 54.7 Å². The van der Waals surface area contributed by atoms with Crippen LogP contribution in [0.3, 0.4) is 0 Å². The number of ether oxygens (including phenoxy) is 2. The Labute approximate surface area is 153 Å². The third kappa shape index (κ3) is 3.89. The summed E-state index contributed by atoms with van der Waals surface area (Å²) in [6, 6.07) is 16.0. The SMILES string of the molecule is COc1ccc(Nc2cc3cc(OC4CCNCC4)ccc3cn2)cc1. The summed E-state index contributed by atoms with van der Waals surface area (Å²) >= 11 is 0. The van der Waals surface area contributed by atoms with Gasteiger partial charge in [-0.05, 0) is 79.8 Å². The van der Waals surface area contributed by atoms with Gasteiger partial charge in [-0.15, -0.1) is 0 Å². The Kier molecular flexibility index (Phi) is 4.88. The lowest BCUT2D eigenvalue weighted by Crippen LogP contribution is -2.34. The van der Waals surface area contributed by atoms with Crippen molar-refractivity contribution >= 4 is 22.3 Å². The number of methoxy groups -OCH3 is 1. The summed E-state index contributed by atoms with van der Waals surface area (Å²) in [5.41, 5.74) is 0.972. The summed E-state index contributed by atoms with van der Waals surface area (Å²) in [5, 5.41) is 8.91. The highest BCUT2D eigenvalue weighted by Gasteiger charge is 2.14. The van der Waals surface area contributed by atoms with Gasteiger partial charge in [0.15, 0.2) is 0 Å². The number of benzene rings is 2. The summed E-state index contributed by atoms with van der Waals surface area (Å²) in [4.78, 5) is 4.50. The molecule has 4 rings (SSSR count). The zero-order chi connectivity index (χ0) is 17.8. The van der Waals surface area contributed by atoms with Crippen LogP contribution in [0.5, 0.6) is 11.5 Å². The maximum atomic E-state index is 6.15. The molecule has 1 aliphatic heterocycles. The van der Waals surface area contributed by atoms with Gasteiger partial charge in [-0.2, -0.15) is 0 Å². The Bertz CT molecular complexity index is 874. The lowest BCUT2D eigenvalue weighted by Gasteiger charge is -2.24. The zero-order valence-electron chi connectivity index (χ0n) is 14.9. The third-order valence-electron chi connectivity index (χ3n) is 4.64. The van der Waals surface area contributed by atoms with Crippen LogP contribution in [0.25, 0.3) is 10.8 Å². The van der Waals surface area contributed by atoms with Crippen molar-refractivity contribution in [2.24, 2.45) is 0 Å². The summed E-state index contributed by atoms with van der Waals surface area (Å²) in [7, 11) is 1.66.